The van der Waals surface area contributed by atoms with E-state index >= 15 is 0 Å². The number of hydrogen-bond donors (Lipinski definition) is 0. The standard InChI is InChI=1S/C16H30N5O.BrH/c1-6-21(7-2,8-3)12-14(22)10-9-11-15-17-13-18-16(19-15)20(4)5;/h13H,6-12H2,1-5H3;1H/q+1;/p-1. The van der Waals surface area contributed by atoms with Gasteiger partial charge < -0.3 is 26.4 Å². The smallest absolute Gasteiger partial charge is 0.228 e. The largest absolute Gasteiger partial charge is 1.00 e. The van der Waals surface area contributed by atoms with Crippen LogP contribution in [-0.4, -0.2) is 65.5 Å². The maximum Gasteiger partial charge on any atom is 0.228 e. The van der Waals surface area contributed by atoms with Crippen LogP contribution < -0.4 is 21.9 Å². The lowest BCUT2D eigenvalue weighted by molar-refractivity contribution is -0.915. The predicted molar refractivity (Wildman–Crippen MR) is 88.8 cm³/mol. The molecule has 0 aromatic carbocycles. The molecule has 6 nitrogen and oxygen atoms in total. The van der Waals surface area contributed by atoms with Gasteiger partial charge in [0.1, 0.15) is 18.7 Å². The van der Waals surface area contributed by atoms with Crippen molar-refractivity contribution in [3.63, 3.8) is 0 Å². The number of aryl methyl sites for hydroxylation is 1. The molecule has 0 amide bonds. The van der Waals surface area contributed by atoms with Gasteiger partial charge in [-0.05, 0) is 27.2 Å². The van der Waals surface area contributed by atoms with Crippen LogP contribution in [0.4, 0.5) is 5.95 Å². The molecule has 23 heavy (non-hydrogen) atoms. The average molecular weight is 388 g/mol. The molecule has 0 saturated heterocycles. The molecule has 0 bridgehead atoms. The lowest BCUT2D eigenvalue weighted by Gasteiger charge is -2.35. The van der Waals surface area contributed by atoms with Crippen molar-refractivity contribution in [1.29, 1.82) is 0 Å². The number of carbonyl (C=O) groups is 1. The summed E-state index contributed by atoms with van der Waals surface area (Å²) in [6.07, 6.45) is 3.65. The van der Waals surface area contributed by atoms with Crippen LogP contribution >= 0.6 is 0 Å². The summed E-state index contributed by atoms with van der Waals surface area (Å²) in [5.41, 5.74) is 0. The molecule has 7 heteroatoms. The van der Waals surface area contributed by atoms with E-state index in [1.54, 1.807) is 0 Å². The molecule has 0 saturated carbocycles. The maximum absolute atomic E-state index is 12.2. The second-order valence-corrected chi connectivity index (χ2v) is 5.94. The van der Waals surface area contributed by atoms with Crippen LogP contribution in [0.5, 0.6) is 0 Å². The van der Waals surface area contributed by atoms with E-state index in [1.165, 1.54) is 6.33 Å². The van der Waals surface area contributed by atoms with Crippen molar-refractivity contribution in [2.75, 3.05) is 45.2 Å². The highest BCUT2D eigenvalue weighted by atomic mass is 79.9. The highest BCUT2D eigenvalue weighted by molar-refractivity contribution is 5.79. The summed E-state index contributed by atoms with van der Waals surface area (Å²) in [6.45, 7) is 10.2. The van der Waals surface area contributed by atoms with Crippen molar-refractivity contribution in [2.45, 2.75) is 40.0 Å². The van der Waals surface area contributed by atoms with Crippen molar-refractivity contribution in [2.24, 2.45) is 0 Å². The quantitative estimate of drug-likeness (QED) is 0.467. The molecular formula is C16H30BrN5O. The zero-order valence-corrected chi connectivity index (χ0v) is 16.6. The van der Waals surface area contributed by atoms with Crippen LogP contribution in [0.25, 0.3) is 0 Å². The first-order chi connectivity index (χ1) is 10.5. The molecule has 0 radical (unpaired) electrons. The second-order valence-electron chi connectivity index (χ2n) is 5.94. The molecule has 0 spiro atoms. The third-order valence-corrected chi connectivity index (χ3v) is 4.39. The predicted octanol–water partition coefficient (Wildman–Crippen LogP) is -1.29. The molecule has 1 aromatic rings. The Morgan fingerprint density at radius 2 is 1.74 bits per heavy atom. The summed E-state index contributed by atoms with van der Waals surface area (Å²) in [4.78, 5) is 26.7. The zero-order valence-electron chi connectivity index (χ0n) is 15.0. The van der Waals surface area contributed by atoms with Gasteiger partial charge in [0.15, 0.2) is 5.78 Å². The van der Waals surface area contributed by atoms with Crippen LogP contribution in [0, 0.1) is 0 Å². The van der Waals surface area contributed by atoms with Crippen LogP contribution in [0.2, 0.25) is 0 Å². The molecule has 0 fully saturated rings. The van der Waals surface area contributed by atoms with Gasteiger partial charge in [-0.25, -0.2) is 9.97 Å². The van der Waals surface area contributed by atoms with Crippen molar-refractivity contribution >= 4 is 11.7 Å². The number of quaternary nitrogens is 1. The van der Waals surface area contributed by atoms with Gasteiger partial charge in [-0.3, -0.25) is 4.79 Å². The van der Waals surface area contributed by atoms with Crippen molar-refractivity contribution in [3.8, 4) is 0 Å². The fourth-order valence-corrected chi connectivity index (χ4v) is 2.56. The minimum atomic E-state index is 0. The van der Waals surface area contributed by atoms with Gasteiger partial charge >= 0.3 is 0 Å². The molecule has 0 aliphatic rings. The first kappa shape index (κ1) is 21.9. The van der Waals surface area contributed by atoms with Gasteiger partial charge in [-0.15, -0.1) is 0 Å². The molecule has 1 heterocycles. The number of halogens is 1. The van der Waals surface area contributed by atoms with Crippen LogP contribution in [-0.2, 0) is 11.2 Å². The Morgan fingerprint density at radius 3 is 2.26 bits per heavy atom. The number of likely N-dealkylation sites (N-methyl/N-ethyl adjacent to an activating group) is 1. The van der Waals surface area contributed by atoms with E-state index in [1.807, 2.05) is 19.0 Å². The van der Waals surface area contributed by atoms with Crippen LogP contribution in [0.15, 0.2) is 6.33 Å². The maximum atomic E-state index is 12.2. The van der Waals surface area contributed by atoms with Gasteiger partial charge in [0, 0.05) is 26.9 Å². The molecule has 132 valence electrons. The molecule has 1 rings (SSSR count). The number of anilines is 1. The van der Waals surface area contributed by atoms with Crippen LogP contribution in [0.1, 0.15) is 39.4 Å². The summed E-state index contributed by atoms with van der Waals surface area (Å²) in [6, 6.07) is 0. The van der Waals surface area contributed by atoms with E-state index in [0.29, 0.717) is 24.7 Å². The Kier molecular flexibility index (Phi) is 10.1. The fraction of sp³-hybridized carbons (Fsp3) is 0.750. The normalized spacial score (nSPS) is 11.0. The van der Waals surface area contributed by atoms with E-state index < -0.39 is 0 Å². The van der Waals surface area contributed by atoms with Crippen molar-refractivity contribution < 1.29 is 26.3 Å². The van der Waals surface area contributed by atoms with E-state index in [9.17, 15) is 4.79 Å². The van der Waals surface area contributed by atoms with E-state index in [0.717, 1.165) is 42.8 Å². The third kappa shape index (κ3) is 6.91. The molecule has 0 N–H and O–H groups in total. The molecule has 0 aliphatic heterocycles. The van der Waals surface area contributed by atoms with Gasteiger partial charge in [0.25, 0.3) is 0 Å². The van der Waals surface area contributed by atoms with Gasteiger partial charge in [-0.2, -0.15) is 4.98 Å². The number of nitrogens with zero attached hydrogens (tertiary/aromatic N) is 5. The highest BCUT2D eigenvalue weighted by Crippen LogP contribution is 2.09. The average Bonchev–Trinajstić information content (AvgIpc) is 2.53. The fourth-order valence-electron chi connectivity index (χ4n) is 2.56. The zero-order chi connectivity index (χ0) is 16.6. The summed E-state index contributed by atoms with van der Waals surface area (Å²) < 4.78 is 0.884. The van der Waals surface area contributed by atoms with E-state index in [-0.39, 0.29) is 17.0 Å². The van der Waals surface area contributed by atoms with E-state index in [4.69, 9.17) is 0 Å². The number of Topliss-reactive ketones (excluding diaryl/α,β-unsaturated/α-hetero) is 1. The molecule has 0 unspecified atom stereocenters. The second kappa shape index (κ2) is 10.6. The topological polar surface area (TPSA) is 59.0 Å². The molecule has 0 aliphatic carbocycles. The number of carbonyl (C=O) groups excluding carboxylic acids is 1. The molecule has 1 aromatic heterocycles. The Bertz CT molecular complexity index is 469. The minimum Gasteiger partial charge on any atom is -1.00 e. The SMILES string of the molecule is CC[N+](CC)(CC)CC(=O)CCCc1ncnc(N(C)C)n1.[Br-]. The Hall–Kier alpha value is -1.08. The summed E-state index contributed by atoms with van der Waals surface area (Å²) in [5.74, 6) is 1.76. The van der Waals surface area contributed by atoms with E-state index in [2.05, 4.69) is 35.7 Å². The first-order valence-electron chi connectivity index (χ1n) is 8.18. The minimum absolute atomic E-state index is 0. The number of hydrogen-bond acceptors (Lipinski definition) is 5. The summed E-state index contributed by atoms with van der Waals surface area (Å²) >= 11 is 0. The van der Waals surface area contributed by atoms with Gasteiger partial charge in [0.05, 0.1) is 19.6 Å². The summed E-state index contributed by atoms with van der Waals surface area (Å²) in [7, 11) is 3.81. The Labute approximate surface area is 150 Å². The lowest BCUT2D eigenvalue weighted by Crippen LogP contribution is -3.00. The lowest BCUT2D eigenvalue weighted by atomic mass is 10.1. The van der Waals surface area contributed by atoms with Crippen molar-refractivity contribution in [1.82, 2.24) is 15.0 Å². The Morgan fingerprint density at radius 1 is 1.13 bits per heavy atom. The number of ketones is 1. The number of rotatable bonds is 10. The first-order valence-corrected chi connectivity index (χ1v) is 8.18. The third-order valence-electron chi connectivity index (χ3n) is 4.39. The molecule has 0 atom stereocenters. The Balaban J connectivity index is 0.00000484. The van der Waals surface area contributed by atoms with Gasteiger partial charge in [0.2, 0.25) is 5.95 Å². The summed E-state index contributed by atoms with van der Waals surface area (Å²) in [5, 5.41) is 0. The molecular weight excluding hydrogens is 358 g/mol. The number of aromatic nitrogens is 3. The highest BCUT2D eigenvalue weighted by Gasteiger charge is 2.24. The van der Waals surface area contributed by atoms with Gasteiger partial charge in [-0.1, -0.05) is 0 Å². The van der Waals surface area contributed by atoms with Crippen LogP contribution in [0.3, 0.4) is 0 Å². The monoisotopic (exact) mass is 387 g/mol. The van der Waals surface area contributed by atoms with Crippen molar-refractivity contribution in [3.05, 3.63) is 12.2 Å².